The molecule has 0 aliphatic heterocycles. The van der Waals surface area contributed by atoms with Crippen molar-refractivity contribution in [3.05, 3.63) is 63.1 Å². The Bertz CT molecular complexity index is 899. The summed E-state index contributed by atoms with van der Waals surface area (Å²) in [7, 11) is 0. The van der Waals surface area contributed by atoms with Crippen molar-refractivity contribution in [3.63, 3.8) is 0 Å². The minimum absolute atomic E-state index is 0.128. The number of aliphatic carboxylic acids is 1. The van der Waals surface area contributed by atoms with Gasteiger partial charge in [-0.25, -0.2) is 0 Å². The minimum Gasteiger partial charge on any atom is -0.481 e. The smallest absolute Gasteiger partial charge is 0.390 e. The average Bonchev–Trinajstić information content (AvgIpc) is 2.62. The second kappa shape index (κ2) is 9.50. The highest BCUT2D eigenvalue weighted by Gasteiger charge is 2.36. The molecule has 0 aliphatic rings. The van der Waals surface area contributed by atoms with Crippen LogP contribution in [0.3, 0.4) is 0 Å². The summed E-state index contributed by atoms with van der Waals surface area (Å²) in [6, 6.07) is 8.67. The molecule has 0 radical (unpaired) electrons. The maximum atomic E-state index is 13.1. The predicted molar refractivity (Wildman–Crippen MR) is 106 cm³/mol. The van der Waals surface area contributed by atoms with Gasteiger partial charge >= 0.3 is 12.1 Å². The molecule has 29 heavy (non-hydrogen) atoms. The summed E-state index contributed by atoms with van der Waals surface area (Å²) in [4.78, 5) is 23.6. The Balaban J connectivity index is 2.34. The van der Waals surface area contributed by atoms with Gasteiger partial charge in [0.25, 0.3) is 0 Å². The van der Waals surface area contributed by atoms with Crippen molar-refractivity contribution in [2.24, 2.45) is 0 Å². The number of carboxylic acids is 1. The first-order valence-corrected chi connectivity index (χ1v) is 9.36. The number of anilines is 1. The van der Waals surface area contributed by atoms with Crippen LogP contribution in [0, 0.1) is 6.92 Å². The first-order valence-electron chi connectivity index (χ1n) is 8.61. The molecule has 1 atom stereocenters. The lowest BCUT2D eigenvalue weighted by molar-refractivity contribution is -0.146. The standard InChI is InChI=1S/C20H18Cl2F3NO3/c1-11-12(5-9-17(27)28)4-8-16(22)18(11)26-19(29)15(10-20(23,24)25)13-2-6-14(21)7-3-13/h2-4,6-8,15H,5,9-10H2,1H3,(H,26,29)(H,27,28)/t15-/m0/s1. The number of amides is 1. The van der Waals surface area contributed by atoms with Crippen molar-refractivity contribution in [1.82, 2.24) is 0 Å². The average molecular weight is 448 g/mol. The van der Waals surface area contributed by atoms with Crippen LogP contribution in [0.1, 0.15) is 35.4 Å². The van der Waals surface area contributed by atoms with Crippen molar-refractivity contribution in [2.75, 3.05) is 5.32 Å². The Labute approximate surface area is 175 Å². The van der Waals surface area contributed by atoms with Gasteiger partial charge in [-0.1, -0.05) is 41.4 Å². The molecule has 2 aromatic carbocycles. The highest BCUT2D eigenvalue weighted by Crippen LogP contribution is 2.35. The van der Waals surface area contributed by atoms with Crippen molar-refractivity contribution >= 4 is 40.8 Å². The van der Waals surface area contributed by atoms with Crippen molar-refractivity contribution in [3.8, 4) is 0 Å². The van der Waals surface area contributed by atoms with E-state index in [4.69, 9.17) is 28.3 Å². The second-order valence-corrected chi connectivity index (χ2v) is 7.36. The lowest BCUT2D eigenvalue weighted by atomic mass is 9.94. The fourth-order valence-electron chi connectivity index (χ4n) is 2.89. The summed E-state index contributed by atoms with van der Waals surface area (Å²) in [5.41, 5.74) is 1.47. The first-order chi connectivity index (χ1) is 13.5. The highest BCUT2D eigenvalue weighted by molar-refractivity contribution is 6.34. The number of rotatable bonds is 7. The van der Waals surface area contributed by atoms with Crippen LogP contribution in [0.2, 0.25) is 10.0 Å². The molecule has 9 heteroatoms. The molecule has 0 saturated carbocycles. The molecule has 0 spiro atoms. The van der Waals surface area contributed by atoms with E-state index < -0.39 is 30.4 Å². The van der Waals surface area contributed by atoms with Gasteiger partial charge in [-0.15, -0.1) is 0 Å². The van der Waals surface area contributed by atoms with Gasteiger partial charge in [0, 0.05) is 11.4 Å². The summed E-state index contributed by atoms with van der Waals surface area (Å²) in [6.07, 6.45) is -5.85. The van der Waals surface area contributed by atoms with Gasteiger partial charge in [-0.05, 0) is 48.2 Å². The van der Waals surface area contributed by atoms with Crippen LogP contribution >= 0.6 is 23.2 Å². The monoisotopic (exact) mass is 447 g/mol. The van der Waals surface area contributed by atoms with Crippen LogP contribution < -0.4 is 5.32 Å². The fraction of sp³-hybridized carbons (Fsp3) is 0.300. The molecule has 0 aliphatic carbocycles. The highest BCUT2D eigenvalue weighted by atomic mass is 35.5. The SMILES string of the molecule is Cc1c(CCC(=O)O)ccc(Cl)c1NC(=O)[C@@H](CC(F)(F)F)c1ccc(Cl)cc1. The first kappa shape index (κ1) is 23.0. The van der Waals surface area contributed by atoms with E-state index >= 15 is 0 Å². The third-order valence-electron chi connectivity index (χ3n) is 4.41. The Morgan fingerprint density at radius 3 is 2.28 bits per heavy atom. The molecule has 0 unspecified atom stereocenters. The van der Waals surface area contributed by atoms with Crippen LogP contribution in [0.15, 0.2) is 36.4 Å². The normalized spacial score (nSPS) is 12.5. The molecule has 0 bridgehead atoms. The summed E-state index contributed by atoms with van der Waals surface area (Å²) in [5, 5.41) is 11.8. The van der Waals surface area contributed by atoms with Gasteiger partial charge in [0.2, 0.25) is 5.91 Å². The molecule has 4 nitrogen and oxygen atoms in total. The van der Waals surface area contributed by atoms with Gasteiger partial charge in [0.1, 0.15) is 0 Å². The fourth-order valence-corrected chi connectivity index (χ4v) is 3.26. The van der Waals surface area contributed by atoms with Gasteiger partial charge in [0.15, 0.2) is 0 Å². The largest absolute Gasteiger partial charge is 0.481 e. The van der Waals surface area contributed by atoms with E-state index in [2.05, 4.69) is 5.32 Å². The molecule has 156 valence electrons. The van der Waals surface area contributed by atoms with Gasteiger partial charge < -0.3 is 10.4 Å². The molecular weight excluding hydrogens is 430 g/mol. The number of carboxylic acid groups (broad SMARTS) is 1. The van der Waals surface area contributed by atoms with Crippen LogP contribution in [0.5, 0.6) is 0 Å². The molecular formula is C20H18Cl2F3NO3. The van der Waals surface area contributed by atoms with Gasteiger partial charge in [0.05, 0.1) is 23.0 Å². The van der Waals surface area contributed by atoms with E-state index in [9.17, 15) is 22.8 Å². The Kier molecular flexibility index (Phi) is 7.54. The third kappa shape index (κ3) is 6.65. The Morgan fingerprint density at radius 2 is 1.72 bits per heavy atom. The third-order valence-corrected chi connectivity index (χ3v) is 4.97. The minimum atomic E-state index is -4.57. The number of carbonyl (C=O) groups is 2. The number of alkyl halides is 3. The van der Waals surface area contributed by atoms with Gasteiger partial charge in [-0.2, -0.15) is 13.2 Å². The lowest BCUT2D eigenvalue weighted by Crippen LogP contribution is -2.26. The predicted octanol–water partition coefficient (Wildman–Crippen LogP) is 5.99. The molecule has 0 heterocycles. The maximum Gasteiger partial charge on any atom is 0.390 e. The quantitative estimate of drug-likeness (QED) is 0.547. The molecule has 2 N–H and O–H groups in total. The van der Waals surface area contributed by atoms with E-state index in [1.165, 1.54) is 30.3 Å². The zero-order valence-corrected chi connectivity index (χ0v) is 16.8. The van der Waals surface area contributed by atoms with Crippen LogP contribution in [0.4, 0.5) is 18.9 Å². The number of hydrogen-bond donors (Lipinski definition) is 2. The summed E-state index contributed by atoms with van der Waals surface area (Å²) in [6.45, 7) is 1.62. The maximum absolute atomic E-state index is 13.1. The molecule has 2 rings (SSSR count). The summed E-state index contributed by atoms with van der Waals surface area (Å²) in [5.74, 6) is -3.35. The van der Waals surface area contributed by atoms with Crippen LogP contribution in [-0.4, -0.2) is 23.2 Å². The van der Waals surface area contributed by atoms with Crippen LogP contribution in [-0.2, 0) is 16.0 Å². The number of nitrogens with one attached hydrogen (secondary N) is 1. The Morgan fingerprint density at radius 1 is 1.10 bits per heavy atom. The number of benzene rings is 2. The molecule has 0 fully saturated rings. The number of hydrogen-bond acceptors (Lipinski definition) is 2. The van der Waals surface area contributed by atoms with E-state index in [-0.39, 0.29) is 29.1 Å². The van der Waals surface area contributed by atoms with Crippen molar-refractivity contribution in [1.29, 1.82) is 0 Å². The zero-order valence-electron chi connectivity index (χ0n) is 15.3. The summed E-state index contributed by atoms with van der Waals surface area (Å²) < 4.78 is 39.2. The van der Waals surface area contributed by atoms with Crippen LogP contribution in [0.25, 0.3) is 0 Å². The molecule has 1 amide bonds. The number of aryl methyl sites for hydroxylation is 1. The molecule has 2 aromatic rings. The van der Waals surface area contributed by atoms with Crippen molar-refractivity contribution in [2.45, 2.75) is 38.3 Å². The molecule has 0 aromatic heterocycles. The van der Waals surface area contributed by atoms with Gasteiger partial charge in [-0.3, -0.25) is 9.59 Å². The van der Waals surface area contributed by atoms with E-state index in [0.717, 1.165) is 0 Å². The van der Waals surface area contributed by atoms with E-state index in [1.54, 1.807) is 13.0 Å². The number of halogens is 5. The summed E-state index contributed by atoms with van der Waals surface area (Å²) >= 11 is 11.9. The molecule has 0 saturated heterocycles. The topological polar surface area (TPSA) is 66.4 Å². The van der Waals surface area contributed by atoms with E-state index in [0.29, 0.717) is 16.1 Å². The number of carbonyl (C=O) groups excluding carboxylic acids is 1. The van der Waals surface area contributed by atoms with Crippen molar-refractivity contribution < 1.29 is 27.9 Å². The lowest BCUT2D eigenvalue weighted by Gasteiger charge is -2.21. The van der Waals surface area contributed by atoms with E-state index in [1.807, 2.05) is 0 Å². The zero-order chi connectivity index (χ0) is 21.8. The second-order valence-electron chi connectivity index (χ2n) is 6.51. The Hall–Kier alpha value is -2.25.